The summed E-state index contributed by atoms with van der Waals surface area (Å²) in [4.78, 5) is 8.25. The van der Waals surface area contributed by atoms with E-state index in [0.29, 0.717) is 6.61 Å². The van der Waals surface area contributed by atoms with Crippen LogP contribution in [0.4, 0.5) is 5.82 Å². The molecule has 2 heterocycles. The lowest BCUT2D eigenvalue weighted by molar-refractivity contribution is 0.305. The van der Waals surface area contributed by atoms with Crippen LogP contribution in [0.5, 0.6) is 5.75 Å². The largest absolute Gasteiger partial charge is 0.487 e. The highest BCUT2D eigenvalue weighted by molar-refractivity contribution is 9.10. The molecule has 88 valence electrons. The van der Waals surface area contributed by atoms with Crippen molar-refractivity contribution in [2.75, 3.05) is 12.4 Å². The van der Waals surface area contributed by atoms with E-state index in [4.69, 9.17) is 4.74 Å². The molecule has 0 amide bonds. The van der Waals surface area contributed by atoms with Crippen molar-refractivity contribution in [3.05, 3.63) is 46.8 Å². The number of hydrogen-bond donors (Lipinski definition) is 1. The van der Waals surface area contributed by atoms with Crippen LogP contribution in [0.3, 0.4) is 0 Å². The van der Waals surface area contributed by atoms with Gasteiger partial charge in [-0.1, -0.05) is 6.07 Å². The van der Waals surface area contributed by atoms with E-state index in [2.05, 4.69) is 31.2 Å². The molecule has 0 saturated carbocycles. The minimum atomic E-state index is 0.460. The Hall–Kier alpha value is -1.62. The van der Waals surface area contributed by atoms with Crippen molar-refractivity contribution in [1.29, 1.82) is 0 Å². The molecule has 0 aromatic carbocycles. The van der Waals surface area contributed by atoms with E-state index >= 15 is 0 Å². The smallest absolute Gasteiger partial charge is 0.139 e. The second-order valence-electron chi connectivity index (χ2n) is 3.39. The zero-order valence-corrected chi connectivity index (χ0v) is 10.9. The monoisotopic (exact) mass is 293 g/mol. The molecule has 17 heavy (non-hydrogen) atoms. The molecule has 0 unspecified atom stereocenters. The summed E-state index contributed by atoms with van der Waals surface area (Å²) in [7, 11) is 1.84. The zero-order valence-electron chi connectivity index (χ0n) is 9.35. The molecule has 2 aromatic rings. The van der Waals surface area contributed by atoms with Gasteiger partial charge in [0.25, 0.3) is 0 Å². The predicted molar refractivity (Wildman–Crippen MR) is 70.1 cm³/mol. The van der Waals surface area contributed by atoms with Crippen LogP contribution in [0.1, 0.15) is 5.56 Å². The Morgan fingerprint density at radius 2 is 2.29 bits per heavy atom. The van der Waals surface area contributed by atoms with Crippen LogP contribution in [-0.2, 0) is 6.61 Å². The first-order chi connectivity index (χ1) is 8.29. The summed E-state index contributed by atoms with van der Waals surface area (Å²) >= 11 is 3.35. The van der Waals surface area contributed by atoms with Gasteiger partial charge in [0.1, 0.15) is 18.2 Å². The van der Waals surface area contributed by atoms with Gasteiger partial charge in [0.2, 0.25) is 0 Å². The molecule has 5 heteroatoms. The van der Waals surface area contributed by atoms with E-state index in [0.717, 1.165) is 21.6 Å². The van der Waals surface area contributed by atoms with Gasteiger partial charge in [-0.05, 0) is 28.1 Å². The van der Waals surface area contributed by atoms with Gasteiger partial charge in [-0.3, -0.25) is 4.98 Å². The van der Waals surface area contributed by atoms with Gasteiger partial charge in [0.05, 0.1) is 6.20 Å². The number of rotatable bonds is 4. The van der Waals surface area contributed by atoms with Crippen molar-refractivity contribution in [2.45, 2.75) is 6.61 Å². The lowest BCUT2D eigenvalue weighted by Gasteiger charge is -2.09. The highest BCUT2D eigenvalue weighted by Crippen LogP contribution is 2.18. The first-order valence-electron chi connectivity index (χ1n) is 5.14. The maximum Gasteiger partial charge on any atom is 0.139 e. The normalized spacial score (nSPS) is 10.0. The molecule has 0 aliphatic rings. The molecular weight excluding hydrogens is 282 g/mol. The second-order valence-corrected chi connectivity index (χ2v) is 4.30. The van der Waals surface area contributed by atoms with Crippen molar-refractivity contribution < 1.29 is 4.74 Å². The maximum atomic E-state index is 5.64. The molecule has 4 nitrogen and oxygen atoms in total. The van der Waals surface area contributed by atoms with Gasteiger partial charge in [-0.2, -0.15) is 0 Å². The summed E-state index contributed by atoms with van der Waals surface area (Å²) in [6.07, 6.45) is 5.14. The lowest BCUT2D eigenvalue weighted by atomic mass is 10.3. The topological polar surface area (TPSA) is 47.0 Å². The van der Waals surface area contributed by atoms with E-state index in [1.54, 1.807) is 18.6 Å². The molecule has 0 fully saturated rings. The summed E-state index contributed by atoms with van der Waals surface area (Å²) in [5, 5.41) is 3.03. The Kier molecular flexibility index (Phi) is 3.93. The van der Waals surface area contributed by atoms with Crippen LogP contribution in [0, 0.1) is 0 Å². The van der Waals surface area contributed by atoms with E-state index < -0.39 is 0 Å². The fourth-order valence-corrected chi connectivity index (χ4v) is 1.76. The Bertz CT molecular complexity index is 505. The average Bonchev–Trinajstić information content (AvgIpc) is 2.37. The van der Waals surface area contributed by atoms with Crippen LogP contribution in [0.15, 0.2) is 41.3 Å². The van der Waals surface area contributed by atoms with Crippen LogP contribution >= 0.6 is 15.9 Å². The molecular formula is C12H12BrN3O. The van der Waals surface area contributed by atoms with E-state index in [-0.39, 0.29) is 0 Å². The summed E-state index contributed by atoms with van der Waals surface area (Å²) in [5.41, 5.74) is 1.01. The first-order valence-corrected chi connectivity index (χ1v) is 5.94. The highest BCUT2D eigenvalue weighted by atomic mass is 79.9. The quantitative estimate of drug-likeness (QED) is 0.942. The standard InChI is InChI=1S/C12H12BrN3O/c1-14-12-9(3-2-4-16-12)8-17-11-5-10(13)6-15-7-11/h2-7H,8H2,1H3,(H,14,16). The summed E-state index contributed by atoms with van der Waals surface area (Å²) in [6, 6.07) is 5.74. The molecule has 0 spiro atoms. The van der Waals surface area contributed by atoms with Crippen LogP contribution in [0.25, 0.3) is 0 Å². The Morgan fingerprint density at radius 1 is 1.41 bits per heavy atom. The van der Waals surface area contributed by atoms with Crippen molar-refractivity contribution >= 4 is 21.7 Å². The van der Waals surface area contributed by atoms with Gasteiger partial charge in [-0.25, -0.2) is 4.98 Å². The fraction of sp³-hybridized carbons (Fsp3) is 0.167. The second kappa shape index (κ2) is 5.63. The first kappa shape index (κ1) is 11.9. The van der Waals surface area contributed by atoms with Crippen LogP contribution in [-0.4, -0.2) is 17.0 Å². The third-order valence-electron chi connectivity index (χ3n) is 2.20. The van der Waals surface area contributed by atoms with Gasteiger partial charge in [0, 0.05) is 29.5 Å². The van der Waals surface area contributed by atoms with Crippen LogP contribution < -0.4 is 10.1 Å². The number of hydrogen-bond acceptors (Lipinski definition) is 4. The van der Waals surface area contributed by atoms with Gasteiger partial charge in [0.15, 0.2) is 0 Å². The average molecular weight is 294 g/mol. The van der Waals surface area contributed by atoms with Crippen LogP contribution in [0.2, 0.25) is 0 Å². The molecule has 0 atom stereocenters. The van der Waals surface area contributed by atoms with Gasteiger partial charge >= 0.3 is 0 Å². The van der Waals surface area contributed by atoms with Crippen molar-refractivity contribution in [1.82, 2.24) is 9.97 Å². The lowest BCUT2D eigenvalue weighted by Crippen LogP contribution is -2.02. The summed E-state index contributed by atoms with van der Waals surface area (Å²) in [5.74, 6) is 1.56. The Balaban J connectivity index is 2.07. The fourth-order valence-electron chi connectivity index (χ4n) is 1.41. The van der Waals surface area contributed by atoms with E-state index in [1.165, 1.54) is 0 Å². The number of pyridine rings is 2. The summed E-state index contributed by atoms with van der Waals surface area (Å²) < 4.78 is 6.54. The van der Waals surface area contributed by atoms with Crippen molar-refractivity contribution in [2.24, 2.45) is 0 Å². The molecule has 0 radical (unpaired) electrons. The third kappa shape index (κ3) is 3.17. The Labute approximate surface area is 108 Å². The zero-order chi connectivity index (χ0) is 12.1. The minimum Gasteiger partial charge on any atom is -0.487 e. The maximum absolute atomic E-state index is 5.64. The molecule has 2 aromatic heterocycles. The minimum absolute atomic E-state index is 0.460. The molecule has 0 aliphatic heterocycles. The number of aromatic nitrogens is 2. The summed E-state index contributed by atoms with van der Waals surface area (Å²) in [6.45, 7) is 0.460. The number of halogens is 1. The molecule has 0 saturated heterocycles. The van der Waals surface area contributed by atoms with Gasteiger partial charge in [-0.15, -0.1) is 0 Å². The number of ether oxygens (including phenoxy) is 1. The van der Waals surface area contributed by atoms with Gasteiger partial charge < -0.3 is 10.1 Å². The third-order valence-corrected chi connectivity index (χ3v) is 2.64. The number of nitrogens with one attached hydrogen (secondary N) is 1. The molecule has 0 bridgehead atoms. The SMILES string of the molecule is CNc1ncccc1COc1cncc(Br)c1. The molecule has 1 N–H and O–H groups in total. The molecule has 0 aliphatic carbocycles. The number of nitrogens with zero attached hydrogens (tertiary/aromatic N) is 2. The predicted octanol–water partition coefficient (Wildman–Crippen LogP) is 2.86. The number of anilines is 1. The van der Waals surface area contributed by atoms with Crippen molar-refractivity contribution in [3.63, 3.8) is 0 Å². The Morgan fingerprint density at radius 3 is 3.06 bits per heavy atom. The molecule has 2 rings (SSSR count). The van der Waals surface area contributed by atoms with Crippen molar-refractivity contribution in [3.8, 4) is 5.75 Å². The van der Waals surface area contributed by atoms with E-state index in [1.807, 2.05) is 25.2 Å². The highest BCUT2D eigenvalue weighted by Gasteiger charge is 2.02. The van der Waals surface area contributed by atoms with E-state index in [9.17, 15) is 0 Å².